The SMILES string of the molecule is CN(C)C=CC(=O)c1ccc(Br)cc1[N+](=O)[O-]. The van der Waals surface area contributed by atoms with E-state index in [2.05, 4.69) is 15.9 Å². The van der Waals surface area contributed by atoms with Crippen molar-refractivity contribution >= 4 is 27.4 Å². The molecule has 90 valence electrons. The van der Waals surface area contributed by atoms with Crippen LogP contribution in [0, 0.1) is 10.1 Å². The first-order chi connectivity index (χ1) is 7.91. The number of hydrogen-bond donors (Lipinski definition) is 0. The molecule has 1 rings (SSSR count). The maximum absolute atomic E-state index is 11.8. The lowest BCUT2D eigenvalue weighted by atomic mass is 10.1. The molecule has 0 fully saturated rings. The predicted molar refractivity (Wildman–Crippen MR) is 68.0 cm³/mol. The van der Waals surface area contributed by atoms with Crippen LogP contribution in [0.25, 0.3) is 0 Å². The highest BCUT2D eigenvalue weighted by molar-refractivity contribution is 9.10. The number of rotatable bonds is 4. The van der Waals surface area contributed by atoms with Gasteiger partial charge in [0.25, 0.3) is 5.69 Å². The average Bonchev–Trinajstić information content (AvgIpc) is 2.25. The normalized spacial score (nSPS) is 10.5. The minimum Gasteiger partial charge on any atom is -0.383 e. The molecule has 0 atom stereocenters. The Morgan fingerprint density at radius 1 is 1.47 bits per heavy atom. The second-order valence-corrected chi connectivity index (χ2v) is 4.48. The molecule has 0 aliphatic carbocycles. The highest BCUT2D eigenvalue weighted by Crippen LogP contribution is 2.24. The molecule has 0 N–H and O–H groups in total. The van der Waals surface area contributed by atoms with Crippen LogP contribution in [0.2, 0.25) is 0 Å². The maximum atomic E-state index is 11.8. The smallest absolute Gasteiger partial charge is 0.281 e. The van der Waals surface area contributed by atoms with Gasteiger partial charge in [-0.15, -0.1) is 0 Å². The predicted octanol–water partition coefficient (Wildman–Crippen LogP) is 2.62. The molecule has 0 bridgehead atoms. The number of carbonyl (C=O) groups excluding carboxylic acids is 1. The van der Waals surface area contributed by atoms with E-state index in [-0.39, 0.29) is 11.3 Å². The Hall–Kier alpha value is -1.69. The topological polar surface area (TPSA) is 63.5 Å². The van der Waals surface area contributed by atoms with Crippen molar-refractivity contribution in [2.75, 3.05) is 14.1 Å². The van der Waals surface area contributed by atoms with Crippen LogP contribution in [0.15, 0.2) is 34.9 Å². The lowest BCUT2D eigenvalue weighted by molar-refractivity contribution is -0.385. The Balaban J connectivity index is 3.13. The molecule has 0 saturated carbocycles. The third-order valence-corrected chi connectivity index (χ3v) is 2.44. The Kier molecular flexibility index (Phi) is 4.39. The Labute approximate surface area is 107 Å². The minimum atomic E-state index is -0.568. The van der Waals surface area contributed by atoms with Gasteiger partial charge < -0.3 is 4.90 Å². The number of ketones is 1. The van der Waals surface area contributed by atoms with Crippen molar-refractivity contribution in [3.05, 3.63) is 50.6 Å². The van der Waals surface area contributed by atoms with Crippen molar-refractivity contribution in [2.24, 2.45) is 0 Å². The van der Waals surface area contributed by atoms with Crippen molar-refractivity contribution < 1.29 is 9.72 Å². The van der Waals surface area contributed by atoms with Crippen molar-refractivity contribution in [3.63, 3.8) is 0 Å². The second-order valence-electron chi connectivity index (χ2n) is 3.56. The molecule has 0 amide bonds. The van der Waals surface area contributed by atoms with E-state index < -0.39 is 10.7 Å². The van der Waals surface area contributed by atoms with E-state index in [0.29, 0.717) is 4.47 Å². The third-order valence-electron chi connectivity index (χ3n) is 1.95. The van der Waals surface area contributed by atoms with Crippen LogP contribution in [0.3, 0.4) is 0 Å². The first-order valence-corrected chi connectivity index (χ1v) is 5.54. The van der Waals surface area contributed by atoms with E-state index in [4.69, 9.17) is 0 Å². The number of carbonyl (C=O) groups is 1. The Morgan fingerprint density at radius 2 is 2.12 bits per heavy atom. The van der Waals surface area contributed by atoms with Crippen LogP contribution in [0.1, 0.15) is 10.4 Å². The summed E-state index contributed by atoms with van der Waals surface area (Å²) in [5, 5.41) is 10.8. The number of benzene rings is 1. The summed E-state index contributed by atoms with van der Waals surface area (Å²) in [6.45, 7) is 0. The number of hydrogen-bond acceptors (Lipinski definition) is 4. The number of nitro benzene ring substituents is 1. The summed E-state index contributed by atoms with van der Waals surface area (Å²) in [5.41, 5.74) is -0.121. The van der Waals surface area contributed by atoms with Gasteiger partial charge in [-0.3, -0.25) is 14.9 Å². The summed E-state index contributed by atoms with van der Waals surface area (Å²) in [6.07, 6.45) is 2.85. The molecule has 0 unspecified atom stereocenters. The first-order valence-electron chi connectivity index (χ1n) is 4.74. The largest absolute Gasteiger partial charge is 0.383 e. The lowest BCUT2D eigenvalue weighted by Gasteiger charge is -2.03. The summed E-state index contributed by atoms with van der Waals surface area (Å²) in [6, 6.07) is 4.35. The van der Waals surface area contributed by atoms with Crippen molar-refractivity contribution in [2.45, 2.75) is 0 Å². The molecule has 0 aliphatic heterocycles. The zero-order valence-corrected chi connectivity index (χ0v) is 11.0. The zero-order valence-electron chi connectivity index (χ0n) is 9.38. The molecular weight excluding hydrogens is 288 g/mol. The van der Waals surface area contributed by atoms with Crippen molar-refractivity contribution in [1.82, 2.24) is 4.90 Å². The summed E-state index contributed by atoms with van der Waals surface area (Å²) >= 11 is 3.13. The van der Waals surface area contributed by atoms with E-state index in [1.54, 1.807) is 31.3 Å². The number of nitrogens with zero attached hydrogens (tertiary/aromatic N) is 2. The summed E-state index contributed by atoms with van der Waals surface area (Å²) in [4.78, 5) is 23.7. The Bertz CT molecular complexity index is 484. The maximum Gasteiger partial charge on any atom is 0.281 e. The van der Waals surface area contributed by atoms with Crippen LogP contribution in [-0.4, -0.2) is 29.7 Å². The van der Waals surface area contributed by atoms with Gasteiger partial charge in [0.1, 0.15) is 0 Å². The van der Waals surface area contributed by atoms with E-state index >= 15 is 0 Å². The van der Waals surface area contributed by atoms with Gasteiger partial charge >= 0.3 is 0 Å². The lowest BCUT2D eigenvalue weighted by Crippen LogP contribution is -2.05. The first kappa shape index (κ1) is 13.4. The Morgan fingerprint density at radius 3 is 2.65 bits per heavy atom. The summed E-state index contributed by atoms with van der Waals surface area (Å²) in [5.74, 6) is -0.391. The molecule has 0 heterocycles. The minimum absolute atomic E-state index is 0.0799. The van der Waals surface area contributed by atoms with Crippen LogP contribution >= 0.6 is 15.9 Å². The van der Waals surface area contributed by atoms with Gasteiger partial charge in [-0.05, 0) is 12.1 Å². The number of halogens is 1. The van der Waals surface area contributed by atoms with Gasteiger partial charge in [0.15, 0.2) is 5.78 Å². The molecule has 5 nitrogen and oxygen atoms in total. The molecule has 1 aromatic carbocycles. The highest BCUT2D eigenvalue weighted by atomic mass is 79.9. The average molecular weight is 299 g/mol. The second kappa shape index (κ2) is 5.58. The van der Waals surface area contributed by atoms with Crippen molar-refractivity contribution in [1.29, 1.82) is 0 Å². The van der Waals surface area contributed by atoms with Crippen LogP contribution in [0.5, 0.6) is 0 Å². The van der Waals surface area contributed by atoms with E-state index in [0.717, 1.165) is 0 Å². The molecule has 0 radical (unpaired) electrons. The van der Waals surface area contributed by atoms with Crippen LogP contribution in [-0.2, 0) is 0 Å². The molecule has 0 spiro atoms. The highest BCUT2D eigenvalue weighted by Gasteiger charge is 2.18. The fourth-order valence-corrected chi connectivity index (χ4v) is 1.52. The van der Waals surface area contributed by atoms with Crippen LogP contribution < -0.4 is 0 Å². The monoisotopic (exact) mass is 298 g/mol. The third kappa shape index (κ3) is 3.67. The number of nitro groups is 1. The van der Waals surface area contributed by atoms with Gasteiger partial charge in [0.2, 0.25) is 0 Å². The molecule has 6 heteroatoms. The summed E-state index contributed by atoms with van der Waals surface area (Å²) < 4.78 is 0.567. The zero-order chi connectivity index (χ0) is 13.0. The van der Waals surface area contributed by atoms with Gasteiger partial charge in [0.05, 0.1) is 10.5 Å². The molecule has 0 aromatic heterocycles. The van der Waals surface area contributed by atoms with Gasteiger partial charge in [-0.1, -0.05) is 15.9 Å². The quantitative estimate of drug-likeness (QED) is 0.371. The van der Waals surface area contributed by atoms with Gasteiger partial charge in [0, 0.05) is 36.9 Å². The van der Waals surface area contributed by atoms with Gasteiger partial charge in [-0.2, -0.15) is 0 Å². The summed E-state index contributed by atoms with van der Waals surface area (Å²) in [7, 11) is 3.53. The standard InChI is InChI=1S/C11H11BrN2O3/c1-13(2)6-5-11(15)9-4-3-8(12)7-10(9)14(16)17/h3-7H,1-2H3. The fraction of sp³-hybridized carbons (Fsp3) is 0.182. The number of allylic oxidation sites excluding steroid dienone is 1. The van der Waals surface area contributed by atoms with E-state index in [9.17, 15) is 14.9 Å². The van der Waals surface area contributed by atoms with Gasteiger partial charge in [-0.25, -0.2) is 0 Å². The molecule has 1 aromatic rings. The van der Waals surface area contributed by atoms with E-state index in [1.165, 1.54) is 18.2 Å². The van der Waals surface area contributed by atoms with E-state index in [1.807, 2.05) is 0 Å². The molecular formula is C11H11BrN2O3. The van der Waals surface area contributed by atoms with Crippen LogP contribution in [0.4, 0.5) is 5.69 Å². The van der Waals surface area contributed by atoms with Crippen molar-refractivity contribution in [3.8, 4) is 0 Å². The molecule has 0 saturated heterocycles. The molecule has 17 heavy (non-hydrogen) atoms. The molecule has 0 aliphatic rings. The fourth-order valence-electron chi connectivity index (χ4n) is 1.17.